The monoisotopic (exact) mass is 219 g/mol. The third-order valence-corrected chi connectivity index (χ3v) is 2.23. The molecule has 1 aromatic carbocycles. The number of hydrogen-bond acceptors (Lipinski definition) is 4. The number of para-hydroxylation sites is 1. The van der Waals surface area contributed by atoms with Crippen molar-refractivity contribution in [3.05, 3.63) is 30.3 Å². The summed E-state index contributed by atoms with van der Waals surface area (Å²) in [5.41, 5.74) is 0.640. The molecule has 0 atom stereocenters. The van der Waals surface area contributed by atoms with Gasteiger partial charge in [0.1, 0.15) is 0 Å². The molecule has 1 saturated heterocycles. The predicted molar refractivity (Wildman–Crippen MR) is 55.2 cm³/mol. The smallest absolute Gasteiger partial charge is 0.277 e. The van der Waals surface area contributed by atoms with Gasteiger partial charge in [-0.05, 0) is 12.1 Å². The topological polar surface area (TPSA) is 69.7 Å². The average Bonchev–Trinajstić information content (AvgIpc) is 2.54. The number of carbonyl (C=O) groups excluding carboxylic acids is 3. The Morgan fingerprint density at radius 1 is 1.12 bits per heavy atom. The number of urea groups is 1. The van der Waals surface area contributed by atoms with Crippen LogP contribution in [0.25, 0.3) is 0 Å². The number of carbonyl (C=O) groups is 3. The molecule has 1 heterocycles. The summed E-state index contributed by atoms with van der Waals surface area (Å²) in [6.07, 6.45) is 0. The maximum atomic E-state index is 11.4. The van der Waals surface area contributed by atoms with Gasteiger partial charge in [0, 0.05) is 7.05 Å². The molecule has 0 bridgehead atoms. The van der Waals surface area contributed by atoms with Crippen LogP contribution >= 0.6 is 0 Å². The molecule has 1 aliphatic heterocycles. The highest BCUT2D eigenvalue weighted by molar-refractivity contribution is 6.45. The van der Waals surface area contributed by atoms with Gasteiger partial charge in [-0.15, -0.1) is 0 Å². The molecule has 1 aliphatic rings. The molecule has 82 valence electrons. The van der Waals surface area contributed by atoms with E-state index in [9.17, 15) is 14.4 Å². The Balaban J connectivity index is 2.29. The molecule has 6 heteroatoms. The Kier molecular flexibility index (Phi) is 2.32. The van der Waals surface area contributed by atoms with Gasteiger partial charge in [0.2, 0.25) is 0 Å². The minimum Gasteiger partial charge on any atom is -0.277 e. The first-order valence-corrected chi connectivity index (χ1v) is 4.59. The van der Waals surface area contributed by atoms with E-state index < -0.39 is 17.8 Å². The van der Waals surface area contributed by atoms with E-state index in [2.05, 4.69) is 0 Å². The van der Waals surface area contributed by atoms with Gasteiger partial charge >= 0.3 is 17.8 Å². The number of hydrazine groups is 1. The van der Waals surface area contributed by atoms with Crippen LogP contribution in [0.2, 0.25) is 0 Å². The van der Waals surface area contributed by atoms with Crippen LogP contribution < -0.4 is 10.3 Å². The van der Waals surface area contributed by atoms with Gasteiger partial charge in [-0.2, -0.15) is 5.01 Å². The lowest BCUT2D eigenvalue weighted by atomic mass is 10.3. The maximum absolute atomic E-state index is 11.4. The molecule has 1 fully saturated rings. The van der Waals surface area contributed by atoms with E-state index in [1.165, 1.54) is 12.1 Å². The first-order chi connectivity index (χ1) is 7.61. The molecule has 2 rings (SSSR count). The Hall–Kier alpha value is -2.37. The number of nitrogens with one attached hydrogen (secondary N) is 1. The number of imide groups is 2. The summed E-state index contributed by atoms with van der Waals surface area (Å²) in [5, 5.41) is 4.01. The quantitative estimate of drug-likeness (QED) is 0.566. The summed E-state index contributed by atoms with van der Waals surface area (Å²) in [7, 11) is 1.53. The highest BCUT2D eigenvalue weighted by Gasteiger charge is 2.39. The molecular weight excluding hydrogens is 210 g/mol. The zero-order valence-corrected chi connectivity index (χ0v) is 8.51. The Morgan fingerprint density at radius 3 is 2.25 bits per heavy atom. The van der Waals surface area contributed by atoms with Gasteiger partial charge in [0.25, 0.3) is 0 Å². The molecule has 16 heavy (non-hydrogen) atoms. The van der Waals surface area contributed by atoms with Crippen LogP contribution in [0.3, 0.4) is 0 Å². The van der Waals surface area contributed by atoms with Crippen molar-refractivity contribution >= 4 is 23.5 Å². The van der Waals surface area contributed by atoms with Gasteiger partial charge in [-0.3, -0.25) is 19.9 Å². The van der Waals surface area contributed by atoms with Gasteiger partial charge in [-0.1, -0.05) is 18.2 Å². The first-order valence-electron chi connectivity index (χ1n) is 4.59. The summed E-state index contributed by atoms with van der Waals surface area (Å²) < 4.78 is 0. The Morgan fingerprint density at radius 2 is 1.75 bits per heavy atom. The number of rotatable bonds is 2. The van der Waals surface area contributed by atoms with Crippen LogP contribution in [0.4, 0.5) is 10.5 Å². The van der Waals surface area contributed by atoms with Crippen molar-refractivity contribution in [2.24, 2.45) is 0 Å². The molecule has 0 saturated carbocycles. The summed E-state index contributed by atoms with van der Waals surface area (Å²) in [6, 6.07) is 8.07. The molecule has 6 nitrogen and oxygen atoms in total. The van der Waals surface area contributed by atoms with Crippen LogP contribution in [0.15, 0.2) is 30.3 Å². The molecule has 4 amide bonds. The number of nitrogens with zero attached hydrogens (tertiary/aromatic N) is 2. The number of hydrogen-bond donors (Lipinski definition) is 1. The molecule has 0 spiro atoms. The number of anilines is 1. The van der Waals surface area contributed by atoms with E-state index in [0.29, 0.717) is 5.69 Å². The highest BCUT2D eigenvalue weighted by atomic mass is 16.2. The lowest BCUT2D eigenvalue weighted by molar-refractivity contribution is -0.140. The van der Waals surface area contributed by atoms with Crippen molar-refractivity contribution in [2.45, 2.75) is 0 Å². The van der Waals surface area contributed by atoms with Crippen molar-refractivity contribution in [3.63, 3.8) is 0 Å². The Labute approximate surface area is 91.4 Å². The second-order valence-corrected chi connectivity index (χ2v) is 3.24. The van der Waals surface area contributed by atoms with Crippen LogP contribution in [0, 0.1) is 0 Å². The van der Waals surface area contributed by atoms with Crippen LogP contribution in [-0.2, 0) is 9.59 Å². The standard InChI is InChI=1S/C10H9N3O3/c1-12(7-5-3-2-4-6-7)13-9(15)8(14)11-10(13)16/h2-6H,1H3,(H,11,14,16). The highest BCUT2D eigenvalue weighted by Crippen LogP contribution is 2.15. The van der Waals surface area contributed by atoms with Crippen LogP contribution in [-0.4, -0.2) is 29.9 Å². The molecule has 1 N–H and O–H groups in total. The van der Waals surface area contributed by atoms with Crippen molar-refractivity contribution < 1.29 is 14.4 Å². The predicted octanol–water partition coefficient (Wildman–Crippen LogP) is 0.116. The van der Waals surface area contributed by atoms with Crippen LogP contribution in [0.1, 0.15) is 0 Å². The SMILES string of the molecule is CN(c1ccccc1)N1C(=O)NC(=O)C1=O. The molecule has 0 aliphatic carbocycles. The largest absolute Gasteiger partial charge is 0.351 e. The van der Waals surface area contributed by atoms with Crippen molar-refractivity contribution in [1.82, 2.24) is 10.3 Å². The Bertz CT molecular complexity index is 458. The lowest BCUT2D eigenvalue weighted by Crippen LogP contribution is -2.44. The summed E-state index contributed by atoms with van der Waals surface area (Å²) in [5.74, 6) is -1.79. The molecular formula is C10H9N3O3. The van der Waals surface area contributed by atoms with Gasteiger partial charge in [-0.25, -0.2) is 4.79 Å². The fourth-order valence-electron chi connectivity index (χ4n) is 1.42. The van der Waals surface area contributed by atoms with E-state index in [-0.39, 0.29) is 0 Å². The van der Waals surface area contributed by atoms with E-state index in [1.807, 2.05) is 11.4 Å². The minimum absolute atomic E-state index is 0.640. The second-order valence-electron chi connectivity index (χ2n) is 3.24. The van der Waals surface area contributed by atoms with E-state index >= 15 is 0 Å². The van der Waals surface area contributed by atoms with Crippen molar-refractivity contribution in [2.75, 3.05) is 12.1 Å². The molecule has 0 aromatic heterocycles. The van der Waals surface area contributed by atoms with E-state index in [1.54, 1.807) is 24.3 Å². The van der Waals surface area contributed by atoms with Crippen molar-refractivity contribution in [1.29, 1.82) is 0 Å². The number of benzene rings is 1. The summed E-state index contributed by atoms with van der Waals surface area (Å²) in [4.78, 5) is 33.7. The first kappa shape index (κ1) is 10.2. The zero-order valence-electron chi connectivity index (χ0n) is 8.51. The van der Waals surface area contributed by atoms with Gasteiger partial charge < -0.3 is 0 Å². The van der Waals surface area contributed by atoms with Crippen LogP contribution in [0.5, 0.6) is 0 Å². The maximum Gasteiger partial charge on any atom is 0.351 e. The fraction of sp³-hybridized carbons (Fsp3) is 0.100. The normalized spacial score (nSPS) is 15.3. The van der Waals surface area contributed by atoms with Gasteiger partial charge in [0.05, 0.1) is 5.69 Å². The third-order valence-electron chi connectivity index (χ3n) is 2.23. The summed E-state index contributed by atoms with van der Waals surface area (Å²) in [6.45, 7) is 0. The van der Waals surface area contributed by atoms with E-state index in [0.717, 1.165) is 5.01 Å². The second kappa shape index (κ2) is 3.65. The molecule has 0 radical (unpaired) electrons. The average molecular weight is 219 g/mol. The summed E-state index contributed by atoms with van der Waals surface area (Å²) >= 11 is 0. The van der Waals surface area contributed by atoms with Gasteiger partial charge in [0.15, 0.2) is 0 Å². The zero-order chi connectivity index (χ0) is 11.7. The molecule has 1 aromatic rings. The minimum atomic E-state index is -0.909. The fourth-order valence-corrected chi connectivity index (χ4v) is 1.42. The van der Waals surface area contributed by atoms with Crippen molar-refractivity contribution in [3.8, 4) is 0 Å². The molecule has 0 unspecified atom stereocenters. The lowest BCUT2D eigenvalue weighted by Gasteiger charge is -2.25. The third kappa shape index (κ3) is 1.50. The number of amides is 4. The van der Waals surface area contributed by atoms with E-state index in [4.69, 9.17) is 0 Å².